The number of cyclic esters (lactones) is 1. The van der Waals surface area contributed by atoms with Crippen molar-refractivity contribution in [2.24, 2.45) is 0 Å². The molecule has 0 bridgehead atoms. The van der Waals surface area contributed by atoms with Crippen molar-refractivity contribution in [1.82, 2.24) is 4.90 Å². The van der Waals surface area contributed by atoms with E-state index in [2.05, 4.69) is 19.2 Å². The van der Waals surface area contributed by atoms with Crippen molar-refractivity contribution in [3.05, 3.63) is 18.0 Å². The highest BCUT2D eigenvalue weighted by Gasteiger charge is 2.24. The van der Waals surface area contributed by atoms with Crippen molar-refractivity contribution < 1.29 is 9.53 Å². The third kappa shape index (κ3) is 2.36. The van der Waals surface area contributed by atoms with Crippen LogP contribution in [0.25, 0.3) is 0 Å². The van der Waals surface area contributed by atoms with Crippen LogP contribution in [-0.2, 0) is 4.74 Å². The highest BCUT2D eigenvalue weighted by atomic mass is 16.6. The minimum Gasteiger partial charge on any atom is -0.447 e. The Morgan fingerprint density at radius 2 is 2.54 bits per heavy atom. The molecule has 0 spiro atoms. The third-order valence-corrected chi connectivity index (χ3v) is 2.06. The minimum absolute atomic E-state index is 0.262. The summed E-state index contributed by atoms with van der Waals surface area (Å²) in [6, 6.07) is 0. The Balaban J connectivity index is 2.56. The molecule has 3 nitrogen and oxygen atoms in total. The van der Waals surface area contributed by atoms with Crippen LogP contribution in [0.2, 0.25) is 0 Å². The summed E-state index contributed by atoms with van der Waals surface area (Å²) in [6.07, 6.45) is 2.76. The van der Waals surface area contributed by atoms with Crippen LogP contribution in [0.15, 0.2) is 18.0 Å². The minimum atomic E-state index is -0.262. The normalized spacial score (nSPS) is 15.5. The number of allylic oxidation sites excluding steroid dienone is 1. The molecule has 0 unspecified atom stereocenters. The number of rotatable bonds is 4. The molecule has 1 heterocycles. The maximum atomic E-state index is 11.2. The second-order valence-corrected chi connectivity index (χ2v) is 2.99. The van der Waals surface area contributed by atoms with Crippen LogP contribution >= 0.6 is 0 Å². The lowest BCUT2D eigenvalue weighted by Crippen LogP contribution is -2.23. The first-order valence-corrected chi connectivity index (χ1v) is 4.62. The molecule has 1 aliphatic heterocycles. The maximum absolute atomic E-state index is 11.2. The molecule has 3 heteroatoms. The predicted molar refractivity (Wildman–Crippen MR) is 50.2 cm³/mol. The van der Waals surface area contributed by atoms with Crippen molar-refractivity contribution in [3.8, 4) is 0 Å². The molecule has 1 rings (SSSR count). The first-order chi connectivity index (χ1) is 6.29. The molecule has 1 saturated heterocycles. The lowest BCUT2D eigenvalue weighted by atomic mass is 10.2. The fourth-order valence-corrected chi connectivity index (χ4v) is 1.30. The van der Waals surface area contributed by atoms with Gasteiger partial charge in [-0.3, -0.25) is 4.90 Å². The number of unbranched alkanes of at least 4 members (excludes halogenated alkanes) is 1. The molecule has 0 radical (unpaired) electrons. The van der Waals surface area contributed by atoms with Crippen LogP contribution in [0.5, 0.6) is 0 Å². The first-order valence-electron chi connectivity index (χ1n) is 4.62. The van der Waals surface area contributed by atoms with Crippen LogP contribution in [0.3, 0.4) is 0 Å². The van der Waals surface area contributed by atoms with E-state index in [0.29, 0.717) is 13.2 Å². The Morgan fingerprint density at radius 3 is 3.00 bits per heavy atom. The summed E-state index contributed by atoms with van der Waals surface area (Å²) in [4.78, 5) is 12.8. The highest BCUT2D eigenvalue weighted by molar-refractivity contribution is 5.71. The third-order valence-electron chi connectivity index (χ3n) is 2.06. The summed E-state index contributed by atoms with van der Waals surface area (Å²) in [6.45, 7) is 6.82. The van der Waals surface area contributed by atoms with Crippen LogP contribution in [-0.4, -0.2) is 24.1 Å². The van der Waals surface area contributed by atoms with Crippen LogP contribution in [0, 0.1) is 0 Å². The van der Waals surface area contributed by atoms with Crippen molar-refractivity contribution in [2.75, 3.05) is 13.2 Å². The summed E-state index contributed by atoms with van der Waals surface area (Å²) in [5, 5.41) is 0. The Hall–Kier alpha value is -1.21. The molecule has 1 aliphatic rings. The lowest BCUT2D eigenvalue weighted by Gasteiger charge is -2.14. The van der Waals surface area contributed by atoms with Gasteiger partial charge in [0.2, 0.25) is 0 Å². The molecule has 0 N–H and O–H groups in total. The van der Waals surface area contributed by atoms with Crippen molar-refractivity contribution >= 4 is 6.09 Å². The Morgan fingerprint density at radius 1 is 1.77 bits per heavy atom. The van der Waals surface area contributed by atoms with Gasteiger partial charge >= 0.3 is 6.09 Å². The number of hydrogen-bond donors (Lipinski definition) is 0. The van der Waals surface area contributed by atoms with Crippen LogP contribution in [0.4, 0.5) is 4.79 Å². The molecule has 0 aromatic heterocycles. The van der Waals surface area contributed by atoms with E-state index in [9.17, 15) is 4.79 Å². The zero-order valence-electron chi connectivity index (χ0n) is 8.01. The lowest BCUT2D eigenvalue weighted by molar-refractivity contribution is 0.163. The number of hydrogen-bond acceptors (Lipinski definition) is 2. The zero-order valence-corrected chi connectivity index (χ0v) is 8.01. The molecule has 13 heavy (non-hydrogen) atoms. The fraction of sp³-hybridized carbons (Fsp3) is 0.600. The van der Waals surface area contributed by atoms with Gasteiger partial charge in [0.15, 0.2) is 0 Å². The Labute approximate surface area is 78.7 Å². The molecule has 0 saturated carbocycles. The standard InChI is InChI=1S/C10H15NO2/c1-3-5-6-9(4-2)11-7-8-13-10(11)12/h2-3,5-8H2,1H3. The molecule has 0 aromatic rings. The van der Waals surface area contributed by atoms with E-state index < -0.39 is 0 Å². The van der Waals surface area contributed by atoms with Gasteiger partial charge < -0.3 is 4.74 Å². The molecule has 1 amide bonds. The summed E-state index contributed by atoms with van der Waals surface area (Å²) in [7, 11) is 0. The van der Waals surface area contributed by atoms with E-state index in [4.69, 9.17) is 4.74 Å². The van der Waals surface area contributed by atoms with Gasteiger partial charge in [-0.2, -0.15) is 0 Å². The van der Waals surface area contributed by atoms with Crippen molar-refractivity contribution in [3.63, 3.8) is 0 Å². The van der Waals surface area contributed by atoms with Crippen LogP contribution < -0.4 is 0 Å². The molecule has 0 aliphatic carbocycles. The SMILES string of the molecule is C=C=C(CCCC)N1CCOC1=O. The number of ether oxygens (including phenoxy) is 1. The Kier molecular flexibility index (Phi) is 3.59. The average molecular weight is 181 g/mol. The van der Waals surface area contributed by atoms with E-state index in [1.54, 1.807) is 4.90 Å². The molecule has 0 atom stereocenters. The average Bonchev–Trinajstić information content (AvgIpc) is 2.54. The van der Waals surface area contributed by atoms with Gasteiger partial charge in [0, 0.05) is 0 Å². The molecule has 1 fully saturated rings. The number of nitrogens with zero attached hydrogens (tertiary/aromatic N) is 1. The monoisotopic (exact) mass is 181 g/mol. The summed E-state index contributed by atoms with van der Waals surface area (Å²) < 4.78 is 4.83. The van der Waals surface area contributed by atoms with E-state index in [1.165, 1.54) is 0 Å². The number of amides is 1. The van der Waals surface area contributed by atoms with Gasteiger partial charge in [0.25, 0.3) is 0 Å². The molecular weight excluding hydrogens is 166 g/mol. The quantitative estimate of drug-likeness (QED) is 0.623. The predicted octanol–water partition coefficient (Wildman–Crippen LogP) is 2.30. The van der Waals surface area contributed by atoms with Crippen molar-refractivity contribution in [1.29, 1.82) is 0 Å². The summed E-state index contributed by atoms with van der Waals surface area (Å²) in [5.41, 5.74) is 3.67. The largest absolute Gasteiger partial charge is 0.447 e. The van der Waals surface area contributed by atoms with Gasteiger partial charge in [-0.05, 0) is 12.8 Å². The second-order valence-electron chi connectivity index (χ2n) is 2.99. The van der Waals surface area contributed by atoms with Gasteiger partial charge in [0.05, 0.1) is 12.2 Å². The second kappa shape index (κ2) is 4.73. The van der Waals surface area contributed by atoms with Crippen LogP contribution in [0.1, 0.15) is 26.2 Å². The van der Waals surface area contributed by atoms with Crippen molar-refractivity contribution in [2.45, 2.75) is 26.2 Å². The summed E-state index contributed by atoms with van der Waals surface area (Å²) in [5.74, 6) is 0. The molecule has 72 valence electrons. The zero-order chi connectivity index (χ0) is 9.68. The molecule has 0 aromatic carbocycles. The smallest absolute Gasteiger partial charge is 0.414 e. The fourth-order valence-electron chi connectivity index (χ4n) is 1.30. The highest BCUT2D eigenvalue weighted by Crippen LogP contribution is 2.16. The van der Waals surface area contributed by atoms with E-state index in [0.717, 1.165) is 25.0 Å². The molecular formula is C10H15NO2. The van der Waals surface area contributed by atoms with E-state index in [-0.39, 0.29) is 6.09 Å². The topological polar surface area (TPSA) is 29.5 Å². The summed E-state index contributed by atoms with van der Waals surface area (Å²) >= 11 is 0. The van der Waals surface area contributed by atoms with Gasteiger partial charge in [0.1, 0.15) is 6.61 Å². The van der Waals surface area contributed by atoms with E-state index in [1.807, 2.05) is 0 Å². The number of carbonyl (C=O) groups is 1. The van der Waals surface area contributed by atoms with Gasteiger partial charge in [-0.25, -0.2) is 4.79 Å². The van der Waals surface area contributed by atoms with Gasteiger partial charge in [-0.15, -0.1) is 5.73 Å². The number of carbonyl (C=O) groups excluding carboxylic acids is 1. The maximum Gasteiger partial charge on any atom is 0.414 e. The van der Waals surface area contributed by atoms with Gasteiger partial charge in [-0.1, -0.05) is 19.9 Å². The first kappa shape index (κ1) is 9.87. The Bertz CT molecular complexity index is 241. The van der Waals surface area contributed by atoms with E-state index >= 15 is 0 Å².